The zero-order valence-electron chi connectivity index (χ0n) is 12.7. The number of para-hydroxylation sites is 1. The van der Waals surface area contributed by atoms with Crippen molar-refractivity contribution in [3.05, 3.63) is 59.1 Å². The van der Waals surface area contributed by atoms with Crippen LogP contribution in [-0.4, -0.2) is 19.7 Å². The number of benzene rings is 2. The Balaban J connectivity index is 1.95. The number of ether oxygens (including phenoxy) is 1. The SMILES string of the molecule is CCc1ccccc1OCCN(CC)c1cccc(Cl)c1. The van der Waals surface area contributed by atoms with Gasteiger partial charge in [0.25, 0.3) is 0 Å². The first-order valence-corrected chi connectivity index (χ1v) is 7.83. The third-order valence-electron chi connectivity index (χ3n) is 3.53. The Bertz CT molecular complexity index is 571. The Morgan fingerprint density at radius 2 is 1.86 bits per heavy atom. The fourth-order valence-corrected chi connectivity index (χ4v) is 2.53. The smallest absolute Gasteiger partial charge is 0.122 e. The molecule has 3 heteroatoms. The van der Waals surface area contributed by atoms with Crippen molar-refractivity contribution < 1.29 is 4.74 Å². The number of hydrogen-bond acceptors (Lipinski definition) is 2. The summed E-state index contributed by atoms with van der Waals surface area (Å²) < 4.78 is 5.94. The van der Waals surface area contributed by atoms with Gasteiger partial charge in [-0.05, 0) is 43.2 Å². The maximum absolute atomic E-state index is 6.06. The van der Waals surface area contributed by atoms with Crippen molar-refractivity contribution in [1.29, 1.82) is 0 Å². The summed E-state index contributed by atoms with van der Waals surface area (Å²) >= 11 is 6.06. The minimum absolute atomic E-state index is 0.664. The van der Waals surface area contributed by atoms with Crippen molar-refractivity contribution in [2.75, 3.05) is 24.6 Å². The average Bonchev–Trinajstić information content (AvgIpc) is 2.52. The number of hydrogen-bond donors (Lipinski definition) is 0. The van der Waals surface area contributed by atoms with Crippen LogP contribution in [-0.2, 0) is 6.42 Å². The van der Waals surface area contributed by atoms with E-state index in [0.717, 1.165) is 36.0 Å². The second-order valence-corrected chi connectivity index (χ2v) is 5.31. The van der Waals surface area contributed by atoms with Gasteiger partial charge in [0, 0.05) is 17.3 Å². The molecule has 0 saturated carbocycles. The van der Waals surface area contributed by atoms with E-state index in [1.54, 1.807) is 0 Å². The molecule has 2 nitrogen and oxygen atoms in total. The molecule has 2 rings (SSSR count). The molecule has 21 heavy (non-hydrogen) atoms. The molecule has 0 aliphatic rings. The van der Waals surface area contributed by atoms with E-state index in [9.17, 15) is 0 Å². The van der Waals surface area contributed by atoms with E-state index in [1.807, 2.05) is 30.3 Å². The van der Waals surface area contributed by atoms with Gasteiger partial charge in [-0.15, -0.1) is 0 Å². The Morgan fingerprint density at radius 3 is 2.57 bits per heavy atom. The number of rotatable bonds is 7. The minimum atomic E-state index is 0.664. The van der Waals surface area contributed by atoms with E-state index < -0.39 is 0 Å². The largest absolute Gasteiger partial charge is 0.491 e. The quantitative estimate of drug-likeness (QED) is 0.728. The molecule has 0 aliphatic carbocycles. The van der Waals surface area contributed by atoms with E-state index in [0.29, 0.717) is 6.61 Å². The van der Waals surface area contributed by atoms with Crippen LogP contribution in [0.4, 0.5) is 5.69 Å². The fraction of sp³-hybridized carbons (Fsp3) is 0.333. The van der Waals surface area contributed by atoms with Gasteiger partial charge in [0.1, 0.15) is 12.4 Å². The molecule has 0 spiro atoms. The Kier molecular flexibility index (Phi) is 5.94. The van der Waals surface area contributed by atoms with Crippen LogP contribution in [0.3, 0.4) is 0 Å². The molecule has 0 aromatic heterocycles. The zero-order valence-corrected chi connectivity index (χ0v) is 13.4. The molecule has 0 aliphatic heterocycles. The molecular formula is C18H22ClNO. The van der Waals surface area contributed by atoms with Gasteiger partial charge in [-0.3, -0.25) is 0 Å². The highest BCUT2D eigenvalue weighted by atomic mass is 35.5. The molecule has 0 N–H and O–H groups in total. The monoisotopic (exact) mass is 303 g/mol. The van der Waals surface area contributed by atoms with Crippen molar-refractivity contribution in [3.8, 4) is 5.75 Å². The molecule has 0 saturated heterocycles. The van der Waals surface area contributed by atoms with Crippen LogP contribution in [0, 0.1) is 0 Å². The van der Waals surface area contributed by atoms with Crippen LogP contribution >= 0.6 is 11.6 Å². The van der Waals surface area contributed by atoms with Gasteiger partial charge in [-0.1, -0.05) is 42.8 Å². The molecule has 0 bridgehead atoms. The van der Waals surface area contributed by atoms with Crippen molar-refractivity contribution in [3.63, 3.8) is 0 Å². The first-order chi connectivity index (χ1) is 10.2. The summed E-state index contributed by atoms with van der Waals surface area (Å²) in [5, 5.41) is 0.767. The van der Waals surface area contributed by atoms with Gasteiger partial charge < -0.3 is 9.64 Å². The van der Waals surface area contributed by atoms with Crippen LogP contribution in [0.2, 0.25) is 5.02 Å². The lowest BCUT2D eigenvalue weighted by atomic mass is 10.1. The van der Waals surface area contributed by atoms with E-state index in [2.05, 4.69) is 36.9 Å². The summed E-state index contributed by atoms with van der Waals surface area (Å²) in [6.45, 7) is 6.72. The Labute approximate surface area is 132 Å². The minimum Gasteiger partial charge on any atom is -0.491 e. The molecule has 0 radical (unpaired) electrons. The van der Waals surface area contributed by atoms with E-state index >= 15 is 0 Å². The lowest BCUT2D eigenvalue weighted by Gasteiger charge is -2.23. The van der Waals surface area contributed by atoms with Crippen LogP contribution in [0.5, 0.6) is 5.75 Å². The summed E-state index contributed by atoms with van der Waals surface area (Å²) in [7, 11) is 0. The van der Waals surface area contributed by atoms with Crippen LogP contribution in [0.25, 0.3) is 0 Å². The standard InChI is InChI=1S/C18H22ClNO/c1-3-15-8-5-6-11-18(15)21-13-12-20(4-2)17-10-7-9-16(19)14-17/h5-11,14H,3-4,12-13H2,1-2H3. The summed E-state index contributed by atoms with van der Waals surface area (Å²) in [6.07, 6.45) is 0.988. The van der Waals surface area contributed by atoms with Gasteiger partial charge in [-0.2, -0.15) is 0 Å². The zero-order chi connectivity index (χ0) is 15.1. The first kappa shape index (κ1) is 15.7. The highest BCUT2D eigenvalue weighted by Gasteiger charge is 2.06. The predicted molar refractivity (Wildman–Crippen MR) is 90.7 cm³/mol. The lowest BCUT2D eigenvalue weighted by Crippen LogP contribution is -2.28. The normalized spacial score (nSPS) is 10.4. The summed E-state index contributed by atoms with van der Waals surface area (Å²) in [4.78, 5) is 2.26. The van der Waals surface area contributed by atoms with Gasteiger partial charge in [0.2, 0.25) is 0 Å². The maximum atomic E-state index is 6.06. The third kappa shape index (κ3) is 4.40. The fourth-order valence-electron chi connectivity index (χ4n) is 2.35. The average molecular weight is 304 g/mol. The topological polar surface area (TPSA) is 12.5 Å². The molecule has 0 atom stereocenters. The van der Waals surface area contributed by atoms with Crippen molar-refractivity contribution in [1.82, 2.24) is 0 Å². The number of anilines is 1. The van der Waals surface area contributed by atoms with Crippen molar-refractivity contribution in [2.24, 2.45) is 0 Å². The van der Waals surface area contributed by atoms with Crippen LogP contribution in [0.1, 0.15) is 19.4 Å². The van der Waals surface area contributed by atoms with Crippen LogP contribution in [0.15, 0.2) is 48.5 Å². The van der Waals surface area contributed by atoms with Gasteiger partial charge in [0.15, 0.2) is 0 Å². The highest BCUT2D eigenvalue weighted by molar-refractivity contribution is 6.30. The Hall–Kier alpha value is -1.67. The number of likely N-dealkylation sites (N-methyl/N-ethyl adjacent to an activating group) is 1. The van der Waals surface area contributed by atoms with Gasteiger partial charge in [0.05, 0.1) is 6.54 Å². The summed E-state index contributed by atoms with van der Waals surface area (Å²) in [6, 6.07) is 16.2. The summed E-state index contributed by atoms with van der Waals surface area (Å²) in [5.74, 6) is 0.988. The lowest BCUT2D eigenvalue weighted by molar-refractivity contribution is 0.321. The molecule has 0 fully saturated rings. The summed E-state index contributed by atoms with van der Waals surface area (Å²) in [5.41, 5.74) is 2.39. The number of halogens is 1. The molecule has 0 heterocycles. The van der Waals surface area contributed by atoms with Crippen molar-refractivity contribution in [2.45, 2.75) is 20.3 Å². The highest BCUT2D eigenvalue weighted by Crippen LogP contribution is 2.20. The second-order valence-electron chi connectivity index (χ2n) is 4.87. The molecule has 2 aromatic rings. The Morgan fingerprint density at radius 1 is 1.05 bits per heavy atom. The molecule has 0 unspecified atom stereocenters. The third-order valence-corrected chi connectivity index (χ3v) is 3.76. The van der Waals surface area contributed by atoms with Crippen LogP contribution < -0.4 is 9.64 Å². The van der Waals surface area contributed by atoms with Gasteiger partial charge >= 0.3 is 0 Å². The predicted octanol–water partition coefficient (Wildman–Crippen LogP) is 4.81. The molecule has 112 valence electrons. The molecule has 2 aromatic carbocycles. The van der Waals surface area contributed by atoms with Gasteiger partial charge in [-0.25, -0.2) is 0 Å². The maximum Gasteiger partial charge on any atom is 0.122 e. The second kappa shape index (κ2) is 7.94. The van der Waals surface area contributed by atoms with E-state index in [4.69, 9.17) is 16.3 Å². The number of nitrogens with zero attached hydrogens (tertiary/aromatic N) is 1. The van der Waals surface area contributed by atoms with E-state index in [-0.39, 0.29) is 0 Å². The number of aryl methyl sites for hydroxylation is 1. The van der Waals surface area contributed by atoms with E-state index in [1.165, 1.54) is 5.56 Å². The molecule has 0 amide bonds. The first-order valence-electron chi connectivity index (χ1n) is 7.45. The molecular weight excluding hydrogens is 282 g/mol. The van der Waals surface area contributed by atoms with Crippen molar-refractivity contribution >= 4 is 17.3 Å².